The minimum absolute atomic E-state index is 0.110. The van der Waals surface area contributed by atoms with Gasteiger partial charge in [0.2, 0.25) is 17.7 Å². The summed E-state index contributed by atoms with van der Waals surface area (Å²) in [5, 5.41) is 27.8. The fraction of sp³-hybridized carbons (Fsp3) is 0.433. The van der Waals surface area contributed by atoms with Gasteiger partial charge in [-0.15, -0.1) is 5.10 Å². The van der Waals surface area contributed by atoms with Gasteiger partial charge in [0.05, 0.1) is 44.0 Å². The van der Waals surface area contributed by atoms with Crippen LogP contribution in [0.25, 0.3) is 0 Å². The summed E-state index contributed by atoms with van der Waals surface area (Å²) in [4.78, 5) is 41.9. The lowest BCUT2D eigenvalue weighted by molar-refractivity contribution is -0.132. The van der Waals surface area contributed by atoms with E-state index in [9.17, 15) is 19.5 Å². The van der Waals surface area contributed by atoms with Crippen LogP contribution >= 0.6 is 0 Å². The number of aliphatic hydroxyl groups excluding tert-OH is 1. The smallest absolute Gasteiger partial charge is 0.243 e. The lowest BCUT2D eigenvalue weighted by Crippen LogP contribution is -2.55. The number of aromatic nitrogens is 3. The molecule has 1 aromatic heterocycles. The van der Waals surface area contributed by atoms with Gasteiger partial charge < -0.3 is 25.8 Å². The number of benzene rings is 2. The maximum Gasteiger partial charge on any atom is 0.243 e. The average molecular weight is 576 g/mol. The fourth-order valence-electron chi connectivity index (χ4n) is 5.50. The summed E-state index contributed by atoms with van der Waals surface area (Å²) >= 11 is 0. The molecule has 2 aliphatic heterocycles. The van der Waals surface area contributed by atoms with Crippen molar-refractivity contribution in [3.05, 3.63) is 77.6 Å². The molecule has 0 aliphatic carbocycles. The van der Waals surface area contributed by atoms with Crippen molar-refractivity contribution in [3.63, 3.8) is 0 Å². The number of rotatable bonds is 7. The third-order valence-electron chi connectivity index (χ3n) is 7.75. The van der Waals surface area contributed by atoms with E-state index in [1.807, 2.05) is 59.5 Å². The van der Waals surface area contributed by atoms with Crippen LogP contribution in [0.4, 0.5) is 0 Å². The van der Waals surface area contributed by atoms with Crippen LogP contribution in [0.1, 0.15) is 36.6 Å². The van der Waals surface area contributed by atoms with Crippen molar-refractivity contribution in [2.24, 2.45) is 0 Å². The van der Waals surface area contributed by atoms with Crippen LogP contribution in [0.2, 0.25) is 0 Å². The molecule has 42 heavy (non-hydrogen) atoms. The molecule has 3 heterocycles. The summed E-state index contributed by atoms with van der Waals surface area (Å²) in [5.74, 6) is -0.415. The van der Waals surface area contributed by atoms with Gasteiger partial charge in [-0.3, -0.25) is 19.3 Å². The minimum Gasteiger partial charge on any atom is -0.497 e. The van der Waals surface area contributed by atoms with Gasteiger partial charge in [0, 0.05) is 31.7 Å². The monoisotopic (exact) mass is 575 g/mol. The molecule has 5 rings (SSSR count). The normalized spacial score (nSPS) is 25.4. The van der Waals surface area contributed by atoms with Gasteiger partial charge in [-0.2, -0.15) is 0 Å². The van der Waals surface area contributed by atoms with Crippen molar-refractivity contribution in [1.29, 1.82) is 0 Å². The van der Waals surface area contributed by atoms with Crippen LogP contribution in [0, 0.1) is 0 Å². The van der Waals surface area contributed by atoms with Gasteiger partial charge in [-0.05, 0) is 36.6 Å². The molecular formula is C30H37N7O5. The predicted molar refractivity (Wildman–Crippen MR) is 153 cm³/mol. The summed E-state index contributed by atoms with van der Waals surface area (Å²) in [6, 6.07) is 14.9. The lowest BCUT2D eigenvalue weighted by Gasteiger charge is -2.27. The first kappa shape index (κ1) is 29.2. The molecule has 2 aromatic carbocycles. The number of hydrogen-bond acceptors (Lipinski definition) is 8. The molecule has 3 aromatic rings. The number of nitrogens with zero attached hydrogens (tertiary/aromatic N) is 4. The van der Waals surface area contributed by atoms with Gasteiger partial charge in [0.25, 0.3) is 0 Å². The Labute approximate surface area is 244 Å². The predicted octanol–water partition coefficient (Wildman–Crippen LogP) is 0.391. The van der Waals surface area contributed by atoms with Crippen molar-refractivity contribution in [2.45, 2.75) is 69.5 Å². The summed E-state index contributed by atoms with van der Waals surface area (Å²) in [7, 11) is 1.60. The van der Waals surface area contributed by atoms with Crippen molar-refractivity contribution >= 4 is 17.7 Å². The molecule has 12 heteroatoms. The Hall–Kier alpha value is -4.29. The second kappa shape index (κ2) is 13.1. The highest BCUT2D eigenvalue weighted by atomic mass is 16.5. The number of ether oxygens (including phenoxy) is 1. The molecule has 2 bridgehead atoms. The zero-order valence-corrected chi connectivity index (χ0v) is 23.8. The Morgan fingerprint density at radius 3 is 2.55 bits per heavy atom. The third-order valence-corrected chi connectivity index (χ3v) is 7.75. The van der Waals surface area contributed by atoms with Crippen LogP contribution in [-0.2, 0) is 33.9 Å². The van der Waals surface area contributed by atoms with E-state index in [2.05, 4.69) is 26.3 Å². The first-order valence-electron chi connectivity index (χ1n) is 14.2. The van der Waals surface area contributed by atoms with Crippen LogP contribution in [-0.4, -0.2) is 86.6 Å². The van der Waals surface area contributed by atoms with Crippen LogP contribution in [0.15, 0.2) is 60.8 Å². The number of hydrogen-bond donors (Lipinski definition) is 4. The summed E-state index contributed by atoms with van der Waals surface area (Å²) < 4.78 is 7.04. The van der Waals surface area contributed by atoms with E-state index in [4.69, 9.17) is 4.74 Å². The van der Waals surface area contributed by atoms with Gasteiger partial charge >= 0.3 is 0 Å². The molecule has 0 unspecified atom stereocenters. The molecule has 12 nitrogen and oxygen atoms in total. The molecule has 2 fully saturated rings. The molecule has 4 N–H and O–H groups in total. The number of aliphatic hydroxyl groups is 1. The molecule has 3 amide bonds. The Morgan fingerprint density at radius 1 is 0.976 bits per heavy atom. The molecule has 0 radical (unpaired) electrons. The SMILES string of the molecule is COc1cccc(CN2C[C@H]3C[C@H]2C(=O)N[C@H](Cc2cn(Cc4ccccc4)nn2)C(=O)N[C@@H](C)[C@@H](O)CC(=O)N3)c1. The first-order chi connectivity index (χ1) is 20.3. The molecular weight excluding hydrogens is 538 g/mol. The van der Waals surface area contributed by atoms with Crippen LogP contribution < -0.4 is 20.7 Å². The standard InChI is InChI=1S/C30H37N7O5/c1-19-27(38)14-28(39)32-22-13-26(36(17-22)15-21-9-6-10-24(11-21)42-2)30(41)33-25(29(40)31-19)12-23-18-37(35-34-23)16-20-7-4-3-5-8-20/h3-11,18-19,22,25-27,38H,12-17H2,1-2H3,(H,31,40)(H,32,39)(H,33,41)/t19-,22+,25+,26-,27-/m0/s1. The summed E-state index contributed by atoms with van der Waals surface area (Å²) in [6.45, 7) is 3.04. The molecule has 0 spiro atoms. The van der Waals surface area contributed by atoms with E-state index in [0.717, 1.165) is 11.1 Å². The van der Waals surface area contributed by atoms with E-state index in [-0.39, 0.29) is 30.7 Å². The van der Waals surface area contributed by atoms with Crippen molar-refractivity contribution in [1.82, 2.24) is 35.8 Å². The van der Waals surface area contributed by atoms with E-state index in [1.54, 1.807) is 24.9 Å². The second-order valence-corrected chi connectivity index (χ2v) is 11.0. The van der Waals surface area contributed by atoms with E-state index in [1.165, 1.54) is 0 Å². The number of nitrogens with one attached hydrogen (secondary N) is 3. The zero-order chi connectivity index (χ0) is 29.6. The van der Waals surface area contributed by atoms with Gasteiger partial charge in [-0.1, -0.05) is 47.7 Å². The Bertz CT molecular complexity index is 1400. The third kappa shape index (κ3) is 7.31. The van der Waals surface area contributed by atoms with E-state index < -0.39 is 30.1 Å². The first-order valence-corrected chi connectivity index (χ1v) is 14.2. The molecule has 0 saturated carbocycles. The zero-order valence-electron chi connectivity index (χ0n) is 23.8. The van der Waals surface area contributed by atoms with Gasteiger partial charge in [0.15, 0.2) is 0 Å². The highest BCUT2D eigenvalue weighted by Gasteiger charge is 2.40. The molecule has 222 valence electrons. The lowest BCUT2D eigenvalue weighted by atomic mass is 10.1. The van der Waals surface area contributed by atoms with Crippen molar-refractivity contribution < 1.29 is 24.2 Å². The number of amides is 3. The summed E-state index contributed by atoms with van der Waals surface area (Å²) in [6.07, 6.45) is 0.976. The number of likely N-dealkylation sites (tertiary alicyclic amines) is 1. The Morgan fingerprint density at radius 2 is 1.76 bits per heavy atom. The second-order valence-electron chi connectivity index (χ2n) is 11.0. The van der Waals surface area contributed by atoms with Crippen LogP contribution in [0.3, 0.4) is 0 Å². The fourth-order valence-corrected chi connectivity index (χ4v) is 5.50. The van der Waals surface area contributed by atoms with E-state index in [0.29, 0.717) is 37.5 Å². The Kier molecular flexibility index (Phi) is 9.13. The molecule has 2 aliphatic rings. The van der Waals surface area contributed by atoms with E-state index >= 15 is 0 Å². The quantitative estimate of drug-likeness (QED) is 0.316. The number of fused-ring (bicyclic) bond motifs is 2. The highest BCUT2D eigenvalue weighted by Crippen LogP contribution is 2.24. The Balaban J connectivity index is 1.37. The highest BCUT2D eigenvalue weighted by molar-refractivity contribution is 5.90. The van der Waals surface area contributed by atoms with Crippen molar-refractivity contribution in [2.75, 3.05) is 13.7 Å². The molecule has 2 saturated heterocycles. The molecule has 5 atom stereocenters. The number of carbonyl (C=O) groups is 3. The number of carbonyl (C=O) groups excluding carboxylic acids is 3. The average Bonchev–Trinajstić information content (AvgIpc) is 3.58. The van der Waals surface area contributed by atoms with Crippen LogP contribution in [0.5, 0.6) is 5.75 Å². The summed E-state index contributed by atoms with van der Waals surface area (Å²) in [5.41, 5.74) is 2.55. The maximum absolute atomic E-state index is 13.8. The topological polar surface area (TPSA) is 151 Å². The largest absolute Gasteiger partial charge is 0.497 e. The minimum atomic E-state index is -1.09. The van der Waals surface area contributed by atoms with Gasteiger partial charge in [-0.25, -0.2) is 4.68 Å². The number of methoxy groups -OCH3 is 1. The van der Waals surface area contributed by atoms with Crippen molar-refractivity contribution in [3.8, 4) is 5.75 Å². The maximum atomic E-state index is 13.8. The van der Waals surface area contributed by atoms with Gasteiger partial charge in [0.1, 0.15) is 11.8 Å².